The molecule has 1 saturated heterocycles. The first kappa shape index (κ1) is 24.1. The molecule has 0 unspecified atom stereocenters. The number of alkyl halides is 6. The average Bonchev–Trinajstić information content (AvgIpc) is 3.11. The second-order valence-electron chi connectivity index (χ2n) is 7.35. The molecule has 13 heteroatoms. The van der Waals surface area contributed by atoms with Crippen LogP contribution in [0.25, 0.3) is 0 Å². The fourth-order valence-electron chi connectivity index (χ4n) is 3.52. The van der Waals surface area contributed by atoms with Crippen LogP contribution in [0.1, 0.15) is 22.6 Å². The molecule has 1 aliphatic heterocycles. The number of anilines is 1. The van der Waals surface area contributed by atoms with Gasteiger partial charge in [0.1, 0.15) is 5.82 Å². The lowest BCUT2D eigenvalue weighted by Crippen LogP contribution is -2.42. The van der Waals surface area contributed by atoms with Gasteiger partial charge in [0.05, 0.1) is 17.2 Å². The summed E-state index contributed by atoms with van der Waals surface area (Å²) in [6, 6.07) is 3.67. The van der Waals surface area contributed by atoms with E-state index >= 15 is 0 Å². The van der Waals surface area contributed by atoms with Crippen LogP contribution in [-0.4, -0.2) is 41.3 Å². The summed E-state index contributed by atoms with van der Waals surface area (Å²) in [6.07, 6.45) is -11.5. The molecule has 1 aliphatic rings. The van der Waals surface area contributed by atoms with Gasteiger partial charge < -0.3 is 20.6 Å². The highest BCUT2D eigenvalue weighted by atomic mass is 19.4. The van der Waals surface area contributed by atoms with Gasteiger partial charge in [-0.15, -0.1) is 0 Å². The molecular formula is C20H16F7N3O3. The van der Waals surface area contributed by atoms with Crippen molar-refractivity contribution in [3.05, 3.63) is 65.0 Å². The van der Waals surface area contributed by atoms with E-state index in [9.17, 15) is 45.4 Å². The van der Waals surface area contributed by atoms with Gasteiger partial charge in [-0.3, -0.25) is 0 Å². The van der Waals surface area contributed by atoms with Gasteiger partial charge in [0.15, 0.2) is 0 Å². The molecule has 0 aromatic heterocycles. The number of rotatable bonds is 3. The van der Waals surface area contributed by atoms with Crippen LogP contribution in [0.5, 0.6) is 0 Å². The molecule has 2 aromatic carbocycles. The Kier molecular flexibility index (Phi) is 6.43. The Labute approximate surface area is 182 Å². The number of nitrogens with one attached hydrogen (secondary N) is 2. The van der Waals surface area contributed by atoms with E-state index in [0.717, 1.165) is 17.0 Å². The Balaban J connectivity index is 1.82. The second-order valence-corrected chi connectivity index (χ2v) is 7.35. The lowest BCUT2D eigenvalue weighted by Gasteiger charge is -2.21. The van der Waals surface area contributed by atoms with E-state index in [1.807, 2.05) is 5.32 Å². The van der Waals surface area contributed by atoms with E-state index in [1.165, 1.54) is 12.1 Å². The van der Waals surface area contributed by atoms with Gasteiger partial charge >= 0.3 is 24.5 Å². The first-order valence-electron chi connectivity index (χ1n) is 9.34. The molecule has 2 atom stereocenters. The van der Waals surface area contributed by atoms with Crippen LogP contribution in [0.15, 0.2) is 42.5 Å². The van der Waals surface area contributed by atoms with Gasteiger partial charge in [-0.2, -0.15) is 26.3 Å². The lowest BCUT2D eigenvalue weighted by molar-refractivity contribution is -0.143. The SMILES string of the molecule is O=C(Nc1cc(C(F)(F)F)cc(C(F)(F)F)c1)N[C@H]1CN(C(=O)O)C[C@H]1c1ccc(F)cc1. The Morgan fingerprint density at radius 2 is 1.45 bits per heavy atom. The molecule has 1 heterocycles. The largest absolute Gasteiger partial charge is 0.465 e. The standard InChI is InChI=1S/C20H16F7N3O3/c21-13-3-1-10(2-4-13)15-8-30(18(32)33)9-16(15)29-17(31)28-14-6-11(19(22,23)24)5-12(7-14)20(25,26)27/h1-7,15-16H,8-9H2,(H,32,33)(H2,28,29,31)/t15-,16-/m0/s1. The maximum atomic E-state index is 13.2. The zero-order chi connectivity index (χ0) is 24.6. The molecule has 1 fully saturated rings. The molecule has 6 nitrogen and oxygen atoms in total. The molecule has 0 aliphatic carbocycles. The normalized spacial score (nSPS) is 18.8. The Morgan fingerprint density at radius 3 is 1.94 bits per heavy atom. The summed E-state index contributed by atoms with van der Waals surface area (Å²) < 4.78 is 91.2. The minimum atomic E-state index is -5.09. The molecule has 178 valence electrons. The molecule has 0 saturated carbocycles. The van der Waals surface area contributed by atoms with Crippen molar-refractivity contribution in [2.45, 2.75) is 24.3 Å². The second kappa shape index (κ2) is 8.79. The Bertz CT molecular complexity index is 1010. The molecule has 3 rings (SSSR count). The van der Waals surface area contributed by atoms with Crippen molar-refractivity contribution in [1.29, 1.82) is 0 Å². The number of hydrogen-bond donors (Lipinski definition) is 3. The lowest BCUT2D eigenvalue weighted by atomic mass is 9.94. The van der Waals surface area contributed by atoms with E-state index in [1.54, 1.807) is 0 Å². The van der Waals surface area contributed by atoms with Crippen molar-refractivity contribution in [3.8, 4) is 0 Å². The van der Waals surface area contributed by atoms with Crippen molar-refractivity contribution in [2.75, 3.05) is 18.4 Å². The number of carbonyl (C=O) groups is 2. The number of carbonyl (C=O) groups excluding carboxylic acids is 1. The number of hydrogen-bond acceptors (Lipinski definition) is 2. The molecule has 0 radical (unpaired) electrons. The number of amides is 3. The number of benzene rings is 2. The fourth-order valence-corrected chi connectivity index (χ4v) is 3.52. The van der Waals surface area contributed by atoms with Gasteiger partial charge in [-0.25, -0.2) is 14.0 Å². The molecule has 33 heavy (non-hydrogen) atoms. The maximum absolute atomic E-state index is 13.2. The zero-order valence-electron chi connectivity index (χ0n) is 16.5. The number of halogens is 7. The van der Waals surface area contributed by atoms with E-state index in [0.29, 0.717) is 17.7 Å². The van der Waals surface area contributed by atoms with Crippen LogP contribution in [0, 0.1) is 5.82 Å². The zero-order valence-corrected chi connectivity index (χ0v) is 16.5. The summed E-state index contributed by atoms with van der Waals surface area (Å²) in [5, 5.41) is 13.6. The van der Waals surface area contributed by atoms with Crippen LogP contribution in [0.2, 0.25) is 0 Å². The predicted molar refractivity (Wildman–Crippen MR) is 101 cm³/mol. The van der Waals surface area contributed by atoms with Crippen LogP contribution in [0.4, 0.5) is 46.0 Å². The summed E-state index contributed by atoms with van der Waals surface area (Å²) in [4.78, 5) is 24.7. The monoisotopic (exact) mass is 479 g/mol. The minimum absolute atomic E-state index is 0.0618. The average molecular weight is 479 g/mol. The quantitative estimate of drug-likeness (QED) is 0.534. The molecular weight excluding hydrogens is 463 g/mol. The Morgan fingerprint density at radius 1 is 0.909 bits per heavy atom. The summed E-state index contributed by atoms with van der Waals surface area (Å²) in [7, 11) is 0. The van der Waals surface area contributed by atoms with Gasteiger partial charge in [-0.1, -0.05) is 12.1 Å². The smallest absolute Gasteiger partial charge is 0.416 e. The third-order valence-electron chi connectivity index (χ3n) is 5.05. The van der Waals surface area contributed by atoms with Crippen LogP contribution >= 0.6 is 0 Å². The number of urea groups is 1. The van der Waals surface area contributed by atoms with Crippen LogP contribution in [-0.2, 0) is 12.4 Å². The number of nitrogens with zero attached hydrogens (tertiary/aromatic N) is 1. The first-order valence-corrected chi connectivity index (χ1v) is 9.34. The third-order valence-corrected chi connectivity index (χ3v) is 5.05. The van der Waals surface area contributed by atoms with Crippen molar-refractivity contribution >= 4 is 17.8 Å². The van der Waals surface area contributed by atoms with E-state index in [4.69, 9.17) is 0 Å². The highest BCUT2D eigenvalue weighted by molar-refractivity contribution is 5.90. The van der Waals surface area contributed by atoms with Crippen molar-refractivity contribution in [3.63, 3.8) is 0 Å². The molecule has 3 N–H and O–H groups in total. The van der Waals surface area contributed by atoms with Crippen LogP contribution < -0.4 is 10.6 Å². The molecule has 0 spiro atoms. The van der Waals surface area contributed by atoms with Gasteiger partial charge in [0, 0.05) is 24.7 Å². The van der Waals surface area contributed by atoms with Crippen LogP contribution in [0.3, 0.4) is 0 Å². The summed E-state index contributed by atoms with van der Waals surface area (Å²) in [5.74, 6) is -1.17. The third kappa shape index (κ3) is 5.84. The molecule has 2 aromatic rings. The highest BCUT2D eigenvalue weighted by Crippen LogP contribution is 2.37. The minimum Gasteiger partial charge on any atom is -0.465 e. The topological polar surface area (TPSA) is 81.7 Å². The number of carboxylic acid groups (broad SMARTS) is 1. The van der Waals surface area contributed by atoms with Crippen molar-refractivity contribution < 1.29 is 45.4 Å². The maximum Gasteiger partial charge on any atom is 0.416 e. The molecule has 0 bridgehead atoms. The summed E-state index contributed by atoms with van der Waals surface area (Å²) in [5.41, 5.74) is -3.46. The molecule has 3 amide bonds. The van der Waals surface area contributed by atoms with E-state index in [-0.39, 0.29) is 19.2 Å². The van der Waals surface area contributed by atoms with Crippen molar-refractivity contribution in [2.24, 2.45) is 0 Å². The van der Waals surface area contributed by atoms with Crippen molar-refractivity contribution in [1.82, 2.24) is 10.2 Å². The number of likely N-dealkylation sites (tertiary alicyclic amines) is 1. The van der Waals surface area contributed by atoms with E-state index < -0.39 is 59.1 Å². The van der Waals surface area contributed by atoms with E-state index in [2.05, 4.69) is 5.32 Å². The Hall–Kier alpha value is -3.51. The first-order chi connectivity index (χ1) is 15.2. The summed E-state index contributed by atoms with van der Waals surface area (Å²) in [6.45, 7) is -0.255. The highest BCUT2D eigenvalue weighted by Gasteiger charge is 2.39. The van der Waals surface area contributed by atoms with Gasteiger partial charge in [0.2, 0.25) is 0 Å². The predicted octanol–water partition coefficient (Wildman–Crippen LogP) is 5.13. The fraction of sp³-hybridized carbons (Fsp3) is 0.300. The van der Waals surface area contributed by atoms with Gasteiger partial charge in [0.25, 0.3) is 0 Å². The summed E-state index contributed by atoms with van der Waals surface area (Å²) >= 11 is 0. The van der Waals surface area contributed by atoms with Gasteiger partial charge in [-0.05, 0) is 35.9 Å².